The molecule has 1 rings (SSSR count). The van der Waals surface area contributed by atoms with E-state index in [-0.39, 0.29) is 0 Å². The summed E-state index contributed by atoms with van der Waals surface area (Å²) < 4.78 is 2.17. The summed E-state index contributed by atoms with van der Waals surface area (Å²) >= 11 is 5.65. The summed E-state index contributed by atoms with van der Waals surface area (Å²) in [6.07, 6.45) is 0. The highest BCUT2D eigenvalue weighted by Gasteiger charge is 1.99. The van der Waals surface area contributed by atoms with Crippen molar-refractivity contribution in [3.8, 4) is 0 Å². The average molecular weight is 312 g/mol. The first-order valence-electron chi connectivity index (χ1n) is 2.90. The lowest BCUT2D eigenvalue weighted by Gasteiger charge is -2.00. The Bertz CT molecular complexity index is 210. The maximum Gasteiger partial charge on any atom is 0.109 e. The lowest BCUT2D eigenvalue weighted by atomic mass is 10.3. The number of halogens is 2. The van der Waals surface area contributed by atoms with Crippen molar-refractivity contribution < 1.29 is 0 Å². The van der Waals surface area contributed by atoms with Gasteiger partial charge < -0.3 is 0 Å². The van der Waals surface area contributed by atoms with E-state index in [9.17, 15) is 0 Å². The van der Waals surface area contributed by atoms with E-state index in [1.165, 1.54) is 9.13 Å². The SMILES string of the molecule is Cc1cc(I)c(C)nc1Br. The van der Waals surface area contributed by atoms with Crippen molar-refractivity contribution in [3.63, 3.8) is 0 Å². The van der Waals surface area contributed by atoms with E-state index in [1.54, 1.807) is 0 Å². The number of nitrogens with zero attached hydrogens (tertiary/aromatic N) is 1. The third-order valence-corrected chi connectivity index (χ3v) is 3.17. The standard InChI is InChI=1S/C7H7BrIN/c1-4-3-6(9)5(2)10-7(4)8/h3H,1-2H3. The molecule has 10 heavy (non-hydrogen) atoms. The zero-order valence-corrected chi connectivity index (χ0v) is 9.52. The van der Waals surface area contributed by atoms with Crippen molar-refractivity contribution in [1.82, 2.24) is 4.98 Å². The van der Waals surface area contributed by atoms with Crippen molar-refractivity contribution in [2.75, 3.05) is 0 Å². The largest absolute Gasteiger partial charge is 0.245 e. The van der Waals surface area contributed by atoms with Gasteiger partial charge in [-0.05, 0) is 64.0 Å². The Morgan fingerprint density at radius 3 is 2.60 bits per heavy atom. The van der Waals surface area contributed by atoms with Crippen LogP contribution in [0.2, 0.25) is 0 Å². The topological polar surface area (TPSA) is 12.9 Å². The monoisotopic (exact) mass is 311 g/mol. The normalized spacial score (nSPS) is 10.0. The van der Waals surface area contributed by atoms with Crippen molar-refractivity contribution in [3.05, 3.63) is 25.5 Å². The van der Waals surface area contributed by atoms with Gasteiger partial charge in [0.15, 0.2) is 0 Å². The van der Waals surface area contributed by atoms with E-state index < -0.39 is 0 Å². The van der Waals surface area contributed by atoms with E-state index in [1.807, 2.05) is 13.8 Å². The number of pyridine rings is 1. The van der Waals surface area contributed by atoms with Crippen LogP contribution in [0.3, 0.4) is 0 Å². The number of hydrogen-bond acceptors (Lipinski definition) is 1. The zero-order valence-electron chi connectivity index (χ0n) is 5.78. The molecule has 0 saturated carbocycles. The van der Waals surface area contributed by atoms with Crippen LogP contribution < -0.4 is 0 Å². The molecule has 0 aliphatic rings. The minimum absolute atomic E-state index is 0.949. The molecule has 1 nitrogen and oxygen atoms in total. The van der Waals surface area contributed by atoms with Crippen LogP contribution in [-0.4, -0.2) is 4.98 Å². The Morgan fingerprint density at radius 1 is 1.50 bits per heavy atom. The average Bonchev–Trinajstić information content (AvgIpc) is 1.84. The first-order valence-corrected chi connectivity index (χ1v) is 4.77. The molecule has 0 spiro atoms. The minimum Gasteiger partial charge on any atom is -0.245 e. The molecule has 0 fully saturated rings. The molecule has 0 aliphatic heterocycles. The summed E-state index contributed by atoms with van der Waals surface area (Å²) in [5.41, 5.74) is 2.27. The summed E-state index contributed by atoms with van der Waals surface area (Å²) in [5.74, 6) is 0. The zero-order chi connectivity index (χ0) is 7.72. The number of rotatable bonds is 0. The fourth-order valence-electron chi connectivity index (χ4n) is 0.643. The predicted octanol–water partition coefficient (Wildman–Crippen LogP) is 3.07. The summed E-state index contributed by atoms with van der Waals surface area (Å²) in [4.78, 5) is 4.28. The number of hydrogen-bond donors (Lipinski definition) is 0. The van der Waals surface area contributed by atoms with Gasteiger partial charge in [0.05, 0.1) is 5.69 Å². The summed E-state index contributed by atoms with van der Waals surface area (Å²) in [6.45, 7) is 4.05. The minimum atomic E-state index is 0.949. The van der Waals surface area contributed by atoms with Crippen LogP contribution in [0.4, 0.5) is 0 Å². The molecule has 0 aromatic carbocycles. The van der Waals surface area contributed by atoms with Gasteiger partial charge in [-0.25, -0.2) is 4.98 Å². The highest BCUT2D eigenvalue weighted by atomic mass is 127. The van der Waals surface area contributed by atoms with Crippen molar-refractivity contribution in [2.24, 2.45) is 0 Å². The molecule has 1 aromatic heterocycles. The molecule has 0 amide bonds. The maximum absolute atomic E-state index is 4.28. The van der Waals surface area contributed by atoms with Gasteiger partial charge in [-0.1, -0.05) is 0 Å². The Hall–Kier alpha value is 0.360. The van der Waals surface area contributed by atoms with E-state index in [2.05, 4.69) is 49.6 Å². The quantitative estimate of drug-likeness (QED) is 0.530. The van der Waals surface area contributed by atoms with Gasteiger partial charge in [0, 0.05) is 3.57 Å². The van der Waals surface area contributed by atoms with Gasteiger partial charge in [0.25, 0.3) is 0 Å². The molecule has 0 saturated heterocycles. The molecule has 1 heterocycles. The summed E-state index contributed by atoms with van der Waals surface area (Å²) in [6, 6.07) is 2.12. The predicted molar refractivity (Wildman–Crippen MR) is 54.1 cm³/mol. The van der Waals surface area contributed by atoms with E-state index in [0.717, 1.165) is 10.3 Å². The van der Waals surface area contributed by atoms with Gasteiger partial charge in [-0.15, -0.1) is 0 Å². The van der Waals surface area contributed by atoms with E-state index in [0.29, 0.717) is 0 Å². The number of aryl methyl sites for hydroxylation is 2. The van der Waals surface area contributed by atoms with Crippen LogP contribution in [0.1, 0.15) is 11.3 Å². The highest BCUT2D eigenvalue weighted by Crippen LogP contribution is 2.17. The Morgan fingerprint density at radius 2 is 2.10 bits per heavy atom. The van der Waals surface area contributed by atoms with Crippen LogP contribution in [0.25, 0.3) is 0 Å². The van der Waals surface area contributed by atoms with Crippen molar-refractivity contribution in [2.45, 2.75) is 13.8 Å². The highest BCUT2D eigenvalue weighted by molar-refractivity contribution is 14.1. The van der Waals surface area contributed by atoms with Gasteiger partial charge in [-0.3, -0.25) is 0 Å². The first-order chi connectivity index (χ1) is 4.61. The first kappa shape index (κ1) is 8.46. The summed E-state index contributed by atoms with van der Waals surface area (Å²) in [5, 5.41) is 0. The van der Waals surface area contributed by atoms with Crippen LogP contribution in [0.5, 0.6) is 0 Å². The van der Waals surface area contributed by atoms with Gasteiger partial charge in [0.1, 0.15) is 4.60 Å². The lowest BCUT2D eigenvalue weighted by molar-refractivity contribution is 1.11. The fourth-order valence-corrected chi connectivity index (χ4v) is 1.61. The molecule has 0 aliphatic carbocycles. The third kappa shape index (κ3) is 1.69. The van der Waals surface area contributed by atoms with Crippen LogP contribution in [0, 0.1) is 17.4 Å². The smallest absolute Gasteiger partial charge is 0.109 e. The Balaban J connectivity index is 3.28. The number of aromatic nitrogens is 1. The summed E-state index contributed by atoms with van der Waals surface area (Å²) in [7, 11) is 0. The van der Waals surface area contributed by atoms with Crippen molar-refractivity contribution in [1.29, 1.82) is 0 Å². The van der Waals surface area contributed by atoms with Crippen LogP contribution >= 0.6 is 38.5 Å². The molecule has 0 unspecified atom stereocenters. The molecule has 0 radical (unpaired) electrons. The lowest BCUT2D eigenvalue weighted by Crippen LogP contribution is -1.89. The molecular weight excluding hydrogens is 305 g/mol. The van der Waals surface area contributed by atoms with Crippen LogP contribution in [-0.2, 0) is 0 Å². The molecule has 0 atom stereocenters. The fraction of sp³-hybridized carbons (Fsp3) is 0.286. The second kappa shape index (κ2) is 3.17. The second-order valence-corrected chi connectivity index (χ2v) is 4.08. The van der Waals surface area contributed by atoms with Crippen molar-refractivity contribution >= 4 is 38.5 Å². The van der Waals surface area contributed by atoms with E-state index >= 15 is 0 Å². The third-order valence-electron chi connectivity index (χ3n) is 1.28. The Kier molecular flexibility index (Phi) is 2.68. The molecule has 0 bridgehead atoms. The van der Waals surface area contributed by atoms with Gasteiger partial charge in [-0.2, -0.15) is 0 Å². The van der Waals surface area contributed by atoms with Crippen LogP contribution in [0.15, 0.2) is 10.7 Å². The Labute approximate surface area is 82.5 Å². The van der Waals surface area contributed by atoms with Gasteiger partial charge >= 0.3 is 0 Å². The van der Waals surface area contributed by atoms with Gasteiger partial charge in [0.2, 0.25) is 0 Å². The molecule has 0 N–H and O–H groups in total. The molecule has 3 heteroatoms. The second-order valence-electron chi connectivity index (χ2n) is 2.16. The maximum atomic E-state index is 4.28. The molecule has 1 aromatic rings. The molecular formula is C7H7BrIN. The molecule has 54 valence electrons. The van der Waals surface area contributed by atoms with E-state index in [4.69, 9.17) is 0 Å².